The van der Waals surface area contributed by atoms with Crippen molar-refractivity contribution >= 4 is 22.7 Å². The number of amides is 1. The van der Waals surface area contributed by atoms with Gasteiger partial charge < -0.3 is 15.5 Å². The summed E-state index contributed by atoms with van der Waals surface area (Å²) in [6.45, 7) is 3.91. The molecule has 0 aliphatic carbocycles. The molecule has 1 heterocycles. The number of oxazole rings is 1. The lowest BCUT2D eigenvalue weighted by atomic mass is 9.99. The van der Waals surface area contributed by atoms with Crippen molar-refractivity contribution < 1.29 is 9.21 Å². The normalized spacial score (nSPS) is 14.3. The van der Waals surface area contributed by atoms with Crippen LogP contribution in [0.3, 0.4) is 0 Å². The largest absolute Gasteiger partial charge is 0.417 e. The van der Waals surface area contributed by atoms with E-state index in [0.29, 0.717) is 16.8 Å². The van der Waals surface area contributed by atoms with E-state index in [1.807, 2.05) is 13.8 Å². The fourth-order valence-corrected chi connectivity index (χ4v) is 1.76. The number of aromatic amines is 1. The SMILES string of the molecule is CC[C@H](C)[C@H](N)C(=O)Nc1ccc2[nH]c(=O)oc2c1. The Labute approximate surface area is 110 Å². The number of aromatic nitrogens is 1. The Morgan fingerprint density at radius 3 is 2.95 bits per heavy atom. The summed E-state index contributed by atoms with van der Waals surface area (Å²) >= 11 is 0. The maximum atomic E-state index is 11.9. The molecule has 0 bridgehead atoms. The maximum absolute atomic E-state index is 11.9. The standard InChI is InChI=1S/C13H17N3O3/c1-3-7(2)11(14)12(17)15-8-4-5-9-10(6-8)19-13(18)16-9/h4-7,11H,3,14H2,1-2H3,(H,15,17)(H,16,18)/t7-,11-/m0/s1. The van der Waals surface area contributed by atoms with Gasteiger partial charge in [0.05, 0.1) is 11.6 Å². The van der Waals surface area contributed by atoms with Gasteiger partial charge in [-0.15, -0.1) is 0 Å². The molecule has 0 saturated heterocycles. The summed E-state index contributed by atoms with van der Waals surface area (Å²) in [5.41, 5.74) is 7.39. The van der Waals surface area contributed by atoms with Crippen molar-refractivity contribution in [2.24, 2.45) is 11.7 Å². The molecule has 1 aromatic heterocycles. The second-order valence-corrected chi connectivity index (χ2v) is 4.63. The van der Waals surface area contributed by atoms with Gasteiger partial charge in [0.15, 0.2) is 5.58 Å². The highest BCUT2D eigenvalue weighted by atomic mass is 16.4. The second-order valence-electron chi connectivity index (χ2n) is 4.63. The zero-order valence-electron chi connectivity index (χ0n) is 10.9. The van der Waals surface area contributed by atoms with E-state index in [4.69, 9.17) is 10.2 Å². The van der Waals surface area contributed by atoms with E-state index < -0.39 is 11.8 Å². The van der Waals surface area contributed by atoms with Gasteiger partial charge in [-0.3, -0.25) is 9.78 Å². The van der Waals surface area contributed by atoms with E-state index in [-0.39, 0.29) is 11.8 Å². The summed E-state index contributed by atoms with van der Waals surface area (Å²) in [5, 5.41) is 2.72. The van der Waals surface area contributed by atoms with E-state index in [1.54, 1.807) is 18.2 Å². The molecule has 19 heavy (non-hydrogen) atoms. The Balaban J connectivity index is 2.16. The summed E-state index contributed by atoms with van der Waals surface area (Å²) in [5.74, 6) is -0.657. The minimum absolute atomic E-state index is 0.105. The molecule has 102 valence electrons. The van der Waals surface area contributed by atoms with Crippen LogP contribution in [-0.4, -0.2) is 16.9 Å². The average Bonchev–Trinajstić information content (AvgIpc) is 2.76. The number of hydrogen-bond acceptors (Lipinski definition) is 4. The zero-order valence-corrected chi connectivity index (χ0v) is 10.9. The number of carbonyl (C=O) groups excluding carboxylic acids is 1. The van der Waals surface area contributed by atoms with Crippen LogP contribution in [0.15, 0.2) is 27.4 Å². The lowest BCUT2D eigenvalue weighted by Crippen LogP contribution is -2.40. The number of carbonyl (C=O) groups is 1. The Morgan fingerprint density at radius 1 is 1.53 bits per heavy atom. The van der Waals surface area contributed by atoms with E-state index in [0.717, 1.165) is 6.42 Å². The molecule has 2 rings (SSSR count). The molecular formula is C13H17N3O3. The van der Waals surface area contributed by atoms with Crippen LogP contribution < -0.4 is 16.8 Å². The number of benzene rings is 1. The first-order valence-electron chi connectivity index (χ1n) is 6.20. The third-order valence-electron chi connectivity index (χ3n) is 3.25. The molecule has 1 aromatic carbocycles. The molecule has 0 saturated carbocycles. The Kier molecular flexibility index (Phi) is 3.71. The summed E-state index contributed by atoms with van der Waals surface area (Å²) in [4.78, 5) is 25.5. The number of nitrogens with one attached hydrogen (secondary N) is 2. The molecule has 2 aromatic rings. The number of fused-ring (bicyclic) bond motifs is 1. The molecule has 0 aliphatic rings. The topological polar surface area (TPSA) is 101 Å². The van der Waals surface area contributed by atoms with Gasteiger partial charge in [-0.25, -0.2) is 4.79 Å². The Bertz CT molecular complexity index is 644. The van der Waals surface area contributed by atoms with Crippen molar-refractivity contribution in [2.45, 2.75) is 26.3 Å². The van der Waals surface area contributed by atoms with Crippen molar-refractivity contribution in [1.29, 1.82) is 0 Å². The first kappa shape index (κ1) is 13.4. The summed E-state index contributed by atoms with van der Waals surface area (Å²) in [6.07, 6.45) is 0.834. The van der Waals surface area contributed by atoms with Crippen molar-refractivity contribution in [1.82, 2.24) is 4.98 Å². The summed E-state index contributed by atoms with van der Waals surface area (Å²) < 4.78 is 4.93. The van der Waals surface area contributed by atoms with Crippen LogP contribution in [-0.2, 0) is 4.79 Å². The summed E-state index contributed by atoms with van der Waals surface area (Å²) in [6, 6.07) is 4.40. The molecule has 0 unspecified atom stereocenters. The van der Waals surface area contributed by atoms with Crippen molar-refractivity contribution in [3.63, 3.8) is 0 Å². The lowest BCUT2D eigenvalue weighted by Gasteiger charge is -2.17. The van der Waals surface area contributed by atoms with Crippen LogP contribution in [0.4, 0.5) is 5.69 Å². The smallest absolute Gasteiger partial charge is 0.408 e. The first-order valence-corrected chi connectivity index (χ1v) is 6.20. The molecule has 2 atom stereocenters. The highest BCUT2D eigenvalue weighted by Crippen LogP contribution is 2.17. The monoisotopic (exact) mass is 263 g/mol. The van der Waals surface area contributed by atoms with Gasteiger partial charge in [-0.05, 0) is 18.1 Å². The van der Waals surface area contributed by atoms with Crippen molar-refractivity contribution in [3.8, 4) is 0 Å². The average molecular weight is 263 g/mol. The van der Waals surface area contributed by atoms with E-state index in [1.165, 1.54) is 0 Å². The Hall–Kier alpha value is -2.08. The van der Waals surface area contributed by atoms with Gasteiger partial charge in [0, 0.05) is 11.8 Å². The lowest BCUT2D eigenvalue weighted by molar-refractivity contribution is -0.118. The summed E-state index contributed by atoms with van der Waals surface area (Å²) in [7, 11) is 0. The fourth-order valence-electron chi connectivity index (χ4n) is 1.76. The molecule has 0 spiro atoms. The van der Waals surface area contributed by atoms with Crippen molar-refractivity contribution in [2.75, 3.05) is 5.32 Å². The van der Waals surface area contributed by atoms with Gasteiger partial charge in [0.25, 0.3) is 0 Å². The van der Waals surface area contributed by atoms with Crippen LogP contribution in [0, 0.1) is 5.92 Å². The second kappa shape index (κ2) is 5.27. The molecule has 6 heteroatoms. The number of rotatable bonds is 4. The fraction of sp³-hybridized carbons (Fsp3) is 0.385. The predicted octanol–water partition coefficient (Wildman–Crippen LogP) is 1.43. The highest BCUT2D eigenvalue weighted by Gasteiger charge is 2.19. The number of H-pyrrole nitrogens is 1. The van der Waals surface area contributed by atoms with Gasteiger partial charge in [-0.1, -0.05) is 20.3 Å². The number of anilines is 1. The minimum Gasteiger partial charge on any atom is -0.408 e. The van der Waals surface area contributed by atoms with E-state index >= 15 is 0 Å². The molecule has 4 N–H and O–H groups in total. The van der Waals surface area contributed by atoms with Crippen LogP contribution in [0.5, 0.6) is 0 Å². The molecule has 6 nitrogen and oxygen atoms in total. The van der Waals surface area contributed by atoms with Crippen LogP contribution in [0.25, 0.3) is 11.1 Å². The first-order chi connectivity index (χ1) is 9.01. The van der Waals surface area contributed by atoms with Crippen molar-refractivity contribution in [3.05, 3.63) is 28.7 Å². The highest BCUT2D eigenvalue weighted by molar-refractivity contribution is 5.96. The third kappa shape index (κ3) is 2.85. The molecule has 0 aliphatic heterocycles. The maximum Gasteiger partial charge on any atom is 0.417 e. The number of hydrogen-bond donors (Lipinski definition) is 3. The van der Waals surface area contributed by atoms with Gasteiger partial charge in [0.2, 0.25) is 5.91 Å². The Morgan fingerprint density at radius 2 is 2.26 bits per heavy atom. The van der Waals surface area contributed by atoms with Gasteiger partial charge >= 0.3 is 5.76 Å². The molecule has 0 radical (unpaired) electrons. The molecular weight excluding hydrogens is 246 g/mol. The zero-order chi connectivity index (χ0) is 14.0. The predicted molar refractivity (Wildman–Crippen MR) is 72.9 cm³/mol. The van der Waals surface area contributed by atoms with Crippen LogP contribution in [0.2, 0.25) is 0 Å². The van der Waals surface area contributed by atoms with E-state index in [2.05, 4.69) is 10.3 Å². The van der Waals surface area contributed by atoms with Crippen LogP contribution >= 0.6 is 0 Å². The molecule has 0 fully saturated rings. The minimum atomic E-state index is -0.557. The van der Waals surface area contributed by atoms with Crippen LogP contribution in [0.1, 0.15) is 20.3 Å². The van der Waals surface area contributed by atoms with Gasteiger partial charge in [0.1, 0.15) is 0 Å². The van der Waals surface area contributed by atoms with Gasteiger partial charge in [-0.2, -0.15) is 0 Å². The third-order valence-corrected chi connectivity index (χ3v) is 3.25. The quantitative estimate of drug-likeness (QED) is 0.776. The van der Waals surface area contributed by atoms with E-state index in [9.17, 15) is 9.59 Å². The number of nitrogens with two attached hydrogens (primary N) is 1. The molecule has 1 amide bonds.